The Balaban J connectivity index is 2.93. The molecule has 0 unspecified atom stereocenters. The molecule has 0 saturated heterocycles. The fourth-order valence-electron chi connectivity index (χ4n) is 2.07. The predicted molar refractivity (Wildman–Crippen MR) is 118 cm³/mol. The first kappa shape index (κ1) is 25.3. The van der Waals surface area contributed by atoms with Crippen molar-refractivity contribution >= 4 is 45.2 Å². The first-order chi connectivity index (χ1) is 11.9. The highest BCUT2D eigenvalue weighted by Crippen LogP contribution is 2.03. The predicted octanol–water partition coefficient (Wildman–Crippen LogP) is 5.04. The summed E-state index contributed by atoms with van der Waals surface area (Å²) >= 11 is 4.86. The molecule has 0 rings (SSSR count). The van der Waals surface area contributed by atoms with E-state index in [1.165, 1.54) is 47.4 Å². The van der Waals surface area contributed by atoms with Crippen LogP contribution in [0.5, 0.6) is 0 Å². The van der Waals surface area contributed by atoms with Gasteiger partial charge in [-0.1, -0.05) is 70.9 Å². The van der Waals surface area contributed by atoms with E-state index in [2.05, 4.69) is 45.2 Å². The molecule has 0 aromatic heterocycles. The Labute approximate surface area is 176 Å². The van der Waals surface area contributed by atoms with Crippen LogP contribution in [0.15, 0.2) is 0 Å². The summed E-state index contributed by atoms with van der Waals surface area (Å²) in [4.78, 5) is 0. The lowest BCUT2D eigenvalue weighted by molar-refractivity contribution is -0.00247. The maximum absolute atomic E-state index is 5.53. The maximum atomic E-state index is 5.53. The first-order valence-corrected chi connectivity index (χ1v) is 12.4. The summed E-state index contributed by atoms with van der Waals surface area (Å²) < 4.78 is 24.5. The van der Waals surface area contributed by atoms with Gasteiger partial charge in [0.25, 0.3) is 0 Å². The molecule has 0 atom stereocenters. The van der Waals surface area contributed by atoms with E-state index in [1.807, 2.05) is 0 Å². The minimum Gasteiger partial charge on any atom is -0.379 e. The Morgan fingerprint density at radius 2 is 0.625 bits per heavy atom. The average Bonchev–Trinajstić information content (AvgIpc) is 2.60. The monoisotopic (exact) mass is 570 g/mol. The van der Waals surface area contributed by atoms with E-state index in [-0.39, 0.29) is 0 Å². The zero-order chi connectivity index (χ0) is 17.6. The number of halogens is 2. The van der Waals surface area contributed by atoms with Crippen LogP contribution in [-0.4, -0.2) is 61.7 Å². The van der Waals surface area contributed by atoms with Gasteiger partial charge in [-0.15, -0.1) is 0 Å². The van der Waals surface area contributed by atoms with Crippen molar-refractivity contribution in [2.45, 2.75) is 51.4 Å². The zero-order valence-corrected chi connectivity index (χ0v) is 19.4. The van der Waals surface area contributed by atoms with Crippen LogP contribution in [0.3, 0.4) is 0 Å². The summed E-state index contributed by atoms with van der Waals surface area (Å²) in [5, 5.41) is 0. The van der Waals surface area contributed by atoms with E-state index in [0.29, 0.717) is 39.6 Å². The van der Waals surface area contributed by atoms with Gasteiger partial charge in [-0.3, -0.25) is 0 Å². The van der Waals surface area contributed by atoms with Crippen molar-refractivity contribution in [2.24, 2.45) is 0 Å². The highest BCUT2D eigenvalue weighted by Gasteiger charge is 1.94. The molecule has 0 heterocycles. The van der Waals surface area contributed by atoms with E-state index in [9.17, 15) is 0 Å². The molecule has 0 N–H and O–H groups in total. The summed E-state index contributed by atoms with van der Waals surface area (Å²) in [6, 6.07) is 0. The number of alkyl halides is 2. The molecule has 0 aromatic carbocycles. The zero-order valence-electron chi connectivity index (χ0n) is 15.1. The molecule has 0 aromatic rings. The fourth-order valence-corrected chi connectivity index (χ4v) is 3.14. The topological polar surface area (TPSA) is 36.9 Å². The van der Waals surface area contributed by atoms with Gasteiger partial charge in [0.05, 0.1) is 39.6 Å². The summed E-state index contributed by atoms with van der Waals surface area (Å²) in [7, 11) is 0. The third-order valence-electron chi connectivity index (χ3n) is 3.46. The summed E-state index contributed by atoms with van der Waals surface area (Å²) in [6.45, 7) is 5.67. The van der Waals surface area contributed by atoms with Crippen LogP contribution in [-0.2, 0) is 18.9 Å². The molecule has 0 aliphatic rings. The molecule has 0 fully saturated rings. The highest BCUT2D eigenvalue weighted by molar-refractivity contribution is 14.1. The van der Waals surface area contributed by atoms with E-state index >= 15 is 0 Å². The Kier molecular flexibility index (Phi) is 25.6. The number of hydrogen-bond acceptors (Lipinski definition) is 4. The largest absolute Gasteiger partial charge is 0.379 e. The molecule has 146 valence electrons. The molecule has 0 aliphatic carbocycles. The van der Waals surface area contributed by atoms with Gasteiger partial charge >= 0.3 is 0 Å². The van der Waals surface area contributed by atoms with Gasteiger partial charge in [-0.25, -0.2) is 0 Å². The van der Waals surface area contributed by atoms with Crippen molar-refractivity contribution in [3.63, 3.8) is 0 Å². The van der Waals surface area contributed by atoms with Gasteiger partial charge in [-0.2, -0.15) is 0 Å². The Hall–Kier alpha value is 1.30. The van der Waals surface area contributed by atoms with Crippen LogP contribution in [0.4, 0.5) is 0 Å². The second-order valence-corrected chi connectivity index (χ2v) is 7.81. The third-order valence-corrected chi connectivity index (χ3v) is 4.99. The smallest absolute Gasteiger partial charge is 0.0701 e. The molecule has 0 bridgehead atoms. The van der Waals surface area contributed by atoms with Crippen molar-refractivity contribution in [2.75, 3.05) is 61.7 Å². The van der Waals surface area contributed by atoms with Gasteiger partial charge < -0.3 is 18.9 Å². The lowest BCUT2D eigenvalue weighted by Crippen LogP contribution is -2.12. The minimum atomic E-state index is 0.634. The Morgan fingerprint density at radius 1 is 0.333 bits per heavy atom. The quantitative estimate of drug-likeness (QED) is 0.110. The van der Waals surface area contributed by atoms with E-state index < -0.39 is 0 Å². The molecule has 6 heteroatoms. The summed E-state index contributed by atoms with van der Waals surface area (Å²) in [5.74, 6) is 0. The maximum Gasteiger partial charge on any atom is 0.0701 e. The summed E-state index contributed by atoms with van der Waals surface area (Å²) in [6.07, 6.45) is 10.2. The summed E-state index contributed by atoms with van der Waals surface area (Å²) in [5.41, 5.74) is 0. The standard InChI is InChI=1S/C18H36I2O4/c19-9-5-1-3-7-11-21-13-15-23-17-18-24-16-14-22-12-8-4-2-6-10-20/h1-18H2. The van der Waals surface area contributed by atoms with Crippen LogP contribution in [0.1, 0.15) is 51.4 Å². The number of unbranched alkanes of at least 4 members (excludes halogenated alkanes) is 6. The fraction of sp³-hybridized carbons (Fsp3) is 1.00. The van der Waals surface area contributed by atoms with Crippen molar-refractivity contribution in [3.8, 4) is 0 Å². The lowest BCUT2D eigenvalue weighted by atomic mass is 10.2. The van der Waals surface area contributed by atoms with Crippen LogP contribution in [0.25, 0.3) is 0 Å². The van der Waals surface area contributed by atoms with E-state index in [0.717, 1.165) is 26.1 Å². The van der Waals surface area contributed by atoms with Crippen molar-refractivity contribution in [3.05, 3.63) is 0 Å². The van der Waals surface area contributed by atoms with Crippen LogP contribution < -0.4 is 0 Å². The molecule has 24 heavy (non-hydrogen) atoms. The van der Waals surface area contributed by atoms with Gasteiger partial charge in [0.2, 0.25) is 0 Å². The van der Waals surface area contributed by atoms with Crippen LogP contribution in [0, 0.1) is 0 Å². The van der Waals surface area contributed by atoms with Crippen molar-refractivity contribution in [1.29, 1.82) is 0 Å². The molecule has 0 spiro atoms. The Bertz CT molecular complexity index is 199. The van der Waals surface area contributed by atoms with E-state index in [4.69, 9.17) is 18.9 Å². The molecular weight excluding hydrogens is 534 g/mol. The number of ether oxygens (including phenoxy) is 4. The number of rotatable bonds is 21. The normalized spacial score (nSPS) is 11.2. The molecule has 0 saturated carbocycles. The highest BCUT2D eigenvalue weighted by atomic mass is 127. The second-order valence-electron chi connectivity index (χ2n) is 5.66. The van der Waals surface area contributed by atoms with Crippen molar-refractivity contribution < 1.29 is 18.9 Å². The molecule has 0 radical (unpaired) electrons. The molecule has 4 nitrogen and oxygen atoms in total. The van der Waals surface area contributed by atoms with Gasteiger partial charge in [0.1, 0.15) is 0 Å². The van der Waals surface area contributed by atoms with Crippen LogP contribution >= 0.6 is 45.2 Å². The van der Waals surface area contributed by atoms with Crippen molar-refractivity contribution in [1.82, 2.24) is 0 Å². The van der Waals surface area contributed by atoms with Gasteiger partial charge in [0, 0.05) is 13.2 Å². The van der Waals surface area contributed by atoms with Gasteiger partial charge in [0.15, 0.2) is 0 Å². The SMILES string of the molecule is ICCCCCCOCCOCCOCCOCCCCCCI. The molecular formula is C18H36I2O4. The number of hydrogen-bond donors (Lipinski definition) is 0. The Morgan fingerprint density at radius 3 is 0.958 bits per heavy atom. The molecule has 0 amide bonds. The lowest BCUT2D eigenvalue weighted by Gasteiger charge is -2.07. The second kappa shape index (κ2) is 24.3. The minimum absolute atomic E-state index is 0.634. The average molecular weight is 570 g/mol. The third kappa shape index (κ3) is 23.3. The first-order valence-electron chi connectivity index (χ1n) is 9.34. The van der Waals surface area contributed by atoms with Crippen LogP contribution in [0.2, 0.25) is 0 Å². The van der Waals surface area contributed by atoms with E-state index in [1.54, 1.807) is 0 Å². The molecule has 0 aliphatic heterocycles. The van der Waals surface area contributed by atoms with Gasteiger partial charge in [-0.05, 0) is 34.5 Å².